The number of alkyl halides is 3. The Morgan fingerprint density at radius 3 is 2.42 bits per heavy atom. The first-order valence-electron chi connectivity index (χ1n) is 9.22. The van der Waals surface area contributed by atoms with E-state index in [1.54, 1.807) is 49.8 Å². The third kappa shape index (κ3) is 4.20. The van der Waals surface area contributed by atoms with Crippen LogP contribution in [-0.2, 0) is 0 Å². The van der Waals surface area contributed by atoms with Crippen LogP contribution in [0.3, 0.4) is 0 Å². The van der Waals surface area contributed by atoms with Gasteiger partial charge in [-0.15, -0.1) is 13.2 Å². The monoisotopic (exact) mass is 426 g/mol. The van der Waals surface area contributed by atoms with Crippen LogP contribution in [0.5, 0.6) is 11.5 Å². The topological polar surface area (TPSA) is 69.2 Å². The van der Waals surface area contributed by atoms with E-state index < -0.39 is 6.36 Å². The number of anilines is 1. The van der Waals surface area contributed by atoms with Crippen molar-refractivity contribution in [2.45, 2.75) is 6.36 Å². The summed E-state index contributed by atoms with van der Waals surface area (Å²) in [5.74, 6) is 1.02. The molecular weight excluding hydrogens is 409 g/mol. The molecule has 0 amide bonds. The molecule has 6 nitrogen and oxygen atoms in total. The van der Waals surface area contributed by atoms with Gasteiger partial charge in [-0.2, -0.15) is 0 Å². The lowest BCUT2D eigenvalue weighted by Gasteiger charge is -2.16. The van der Waals surface area contributed by atoms with Crippen molar-refractivity contribution in [3.63, 3.8) is 0 Å². The van der Waals surface area contributed by atoms with Crippen molar-refractivity contribution in [3.8, 4) is 34.0 Å². The molecule has 0 radical (unpaired) electrons. The van der Waals surface area contributed by atoms with Crippen LogP contribution in [0.1, 0.15) is 0 Å². The number of ether oxygens (including phenoxy) is 2. The third-order valence-electron chi connectivity index (χ3n) is 4.57. The van der Waals surface area contributed by atoms with Crippen molar-refractivity contribution < 1.29 is 22.6 Å². The molecule has 4 rings (SSSR count). The molecule has 158 valence electrons. The summed E-state index contributed by atoms with van der Waals surface area (Å²) in [6.45, 7) is 0. The largest absolute Gasteiger partial charge is 0.573 e. The maximum atomic E-state index is 12.9. The molecule has 2 aromatic heterocycles. The Morgan fingerprint density at radius 1 is 0.935 bits per heavy atom. The van der Waals surface area contributed by atoms with Gasteiger partial charge < -0.3 is 14.8 Å². The second-order valence-corrected chi connectivity index (χ2v) is 6.51. The maximum Gasteiger partial charge on any atom is 0.573 e. The molecule has 0 atom stereocenters. The molecule has 0 fully saturated rings. The summed E-state index contributed by atoms with van der Waals surface area (Å²) < 4.78 is 48.4. The van der Waals surface area contributed by atoms with Crippen LogP contribution in [0.4, 0.5) is 19.0 Å². The molecule has 0 aliphatic carbocycles. The first kappa shape index (κ1) is 20.4. The predicted molar refractivity (Wildman–Crippen MR) is 111 cm³/mol. The Balaban J connectivity index is 1.93. The molecule has 0 unspecified atom stereocenters. The number of nitrogens with one attached hydrogen (secondary N) is 1. The van der Waals surface area contributed by atoms with E-state index in [0.717, 1.165) is 5.56 Å². The fourth-order valence-electron chi connectivity index (χ4n) is 3.25. The van der Waals surface area contributed by atoms with E-state index in [2.05, 4.69) is 25.0 Å². The number of benzene rings is 2. The summed E-state index contributed by atoms with van der Waals surface area (Å²) in [6, 6.07) is 12.9. The highest BCUT2D eigenvalue weighted by molar-refractivity contribution is 5.98. The van der Waals surface area contributed by atoms with Crippen molar-refractivity contribution in [3.05, 3.63) is 60.9 Å². The summed E-state index contributed by atoms with van der Waals surface area (Å²) >= 11 is 0. The number of nitrogens with zero attached hydrogens (tertiary/aromatic N) is 3. The van der Waals surface area contributed by atoms with Gasteiger partial charge in [0.25, 0.3) is 0 Å². The van der Waals surface area contributed by atoms with E-state index in [1.807, 2.05) is 6.07 Å². The Kier molecular flexibility index (Phi) is 5.33. The highest BCUT2D eigenvalue weighted by Gasteiger charge is 2.32. The van der Waals surface area contributed by atoms with Gasteiger partial charge in [0.2, 0.25) is 0 Å². The smallest absolute Gasteiger partial charge is 0.494 e. The van der Waals surface area contributed by atoms with E-state index in [9.17, 15) is 13.2 Å². The first-order valence-corrected chi connectivity index (χ1v) is 9.22. The molecule has 0 spiro atoms. The average Bonchev–Trinajstić information content (AvgIpc) is 2.77. The fourth-order valence-corrected chi connectivity index (χ4v) is 3.25. The van der Waals surface area contributed by atoms with Crippen LogP contribution in [0, 0.1) is 0 Å². The van der Waals surface area contributed by atoms with Crippen LogP contribution in [0.15, 0.2) is 60.9 Å². The standard InChI is InChI=1S/C22H17F3N4O2/c1-26-21-16-10-14(15-7-3-4-8-17(15)31-22(23,24)25)11-18(30-2)19(16)28-20(29-21)13-6-5-9-27-12-13/h3-12H,1-2H3,(H,26,28,29). The number of para-hydroxylation sites is 1. The van der Waals surface area contributed by atoms with Crippen molar-refractivity contribution in [1.29, 1.82) is 0 Å². The van der Waals surface area contributed by atoms with E-state index in [1.165, 1.54) is 19.2 Å². The molecule has 2 aromatic carbocycles. The maximum absolute atomic E-state index is 12.9. The zero-order valence-corrected chi connectivity index (χ0v) is 16.6. The summed E-state index contributed by atoms with van der Waals surface area (Å²) in [4.78, 5) is 13.3. The highest BCUT2D eigenvalue weighted by Crippen LogP contribution is 2.39. The molecular formula is C22H17F3N4O2. The van der Waals surface area contributed by atoms with Gasteiger partial charge in [0, 0.05) is 36.0 Å². The minimum atomic E-state index is -4.81. The van der Waals surface area contributed by atoms with Gasteiger partial charge in [-0.3, -0.25) is 4.98 Å². The predicted octanol–water partition coefficient (Wildman–Crippen LogP) is 5.31. The summed E-state index contributed by atoms with van der Waals surface area (Å²) in [7, 11) is 3.18. The van der Waals surface area contributed by atoms with Gasteiger partial charge in [0.1, 0.15) is 22.8 Å². The van der Waals surface area contributed by atoms with Gasteiger partial charge in [-0.25, -0.2) is 9.97 Å². The Hall–Kier alpha value is -3.88. The third-order valence-corrected chi connectivity index (χ3v) is 4.57. The van der Waals surface area contributed by atoms with E-state index >= 15 is 0 Å². The number of fused-ring (bicyclic) bond motifs is 1. The number of rotatable bonds is 5. The van der Waals surface area contributed by atoms with Crippen LogP contribution in [0.25, 0.3) is 33.4 Å². The summed E-state index contributed by atoms with van der Waals surface area (Å²) in [6.07, 6.45) is -1.52. The van der Waals surface area contributed by atoms with Crippen molar-refractivity contribution in [2.24, 2.45) is 0 Å². The van der Waals surface area contributed by atoms with Crippen LogP contribution in [0.2, 0.25) is 0 Å². The van der Waals surface area contributed by atoms with E-state index in [4.69, 9.17) is 4.74 Å². The van der Waals surface area contributed by atoms with Gasteiger partial charge in [0.15, 0.2) is 5.82 Å². The zero-order chi connectivity index (χ0) is 22.0. The molecule has 1 N–H and O–H groups in total. The molecule has 0 bridgehead atoms. The van der Waals surface area contributed by atoms with Crippen molar-refractivity contribution in [2.75, 3.05) is 19.5 Å². The molecule has 4 aromatic rings. The van der Waals surface area contributed by atoms with Crippen LogP contribution >= 0.6 is 0 Å². The van der Waals surface area contributed by atoms with Crippen molar-refractivity contribution in [1.82, 2.24) is 15.0 Å². The lowest BCUT2D eigenvalue weighted by Crippen LogP contribution is -2.17. The summed E-state index contributed by atoms with van der Waals surface area (Å²) in [5.41, 5.74) is 1.96. The number of pyridine rings is 1. The second kappa shape index (κ2) is 8.10. The molecule has 0 aliphatic rings. The number of aromatic nitrogens is 3. The minimum absolute atomic E-state index is 0.262. The minimum Gasteiger partial charge on any atom is -0.494 e. The Morgan fingerprint density at radius 2 is 1.74 bits per heavy atom. The zero-order valence-electron chi connectivity index (χ0n) is 16.6. The quantitative estimate of drug-likeness (QED) is 0.467. The molecule has 9 heteroatoms. The Labute approximate surface area is 175 Å². The number of hydrogen-bond acceptors (Lipinski definition) is 6. The first-order chi connectivity index (χ1) is 14.9. The molecule has 0 saturated heterocycles. The molecule has 31 heavy (non-hydrogen) atoms. The van der Waals surface area contributed by atoms with Crippen LogP contribution < -0.4 is 14.8 Å². The van der Waals surface area contributed by atoms with Crippen LogP contribution in [-0.4, -0.2) is 35.5 Å². The highest BCUT2D eigenvalue weighted by atomic mass is 19.4. The second-order valence-electron chi connectivity index (χ2n) is 6.51. The van der Waals surface area contributed by atoms with Gasteiger partial charge >= 0.3 is 6.36 Å². The normalized spacial score (nSPS) is 11.4. The number of halogens is 3. The SMILES string of the molecule is CNc1nc(-c2cccnc2)nc2c(OC)cc(-c3ccccc3OC(F)(F)F)cc12. The lowest BCUT2D eigenvalue weighted by molar-refractivity contribution is -0.274. The number of methoxy groups -OCH3 is 1. The van der Waals surface area contributed by atoms with Gasteiger partial charge in [-0.1, -0.05) is 18.2 Å². The average molecular weight is 426 g/mol. The molecule has 2 heterocycles. The van der Waals surface area contributed by atoms with Crippen molar-refractivity contribution >= 4 is 16.7 Å². The van der Waals surface area contributed by atoms with E-state index in [-0.39, 0.29) is 11.3 Å². The fraction of sp³-hybridized carbons (Fsp3) is 0.136. The Bertz CT molecular complexity index is 1230. The summed E-state index contributed by atoms with van der Waals surface area (Å²) in [5, 5.41) is 3.61. The molecule has 0 saturated carbocycles. The lowest BCUT2D eigenvalue weighted by atomic mass is 10.0. The van der Waals surface area contributed by atoms with E-state index in [0.29, 0.717) is 33.9 Å². The van der Waals surface area contributed by atoms with Gasteiger partial charge in [0.05, 0.1) is 7.11 Å². The van der Waals surface area contributed by atoms with Gasteiger partial charge in [-0.05, 0) is 35.9 Å². The number of hydrogen-bond donors (Lipinski definition) is 1. The molecule has 0 aliphatic heterocycles.